The highest BCUT2D eigenvalue weighted by molar-refractivity contribution is 7.90. The van der Waals surface area contributed by atoms with Gasteiger partial charge in [0, 0.05) is 5.02 Å². The lowest BCUT2D eigenvalue weighted by Gasteiger charge is -2.02. The van der Waals surface area contributed by atoms with E-state index in [2.05, 4.69) is 0 Å². The number of ether oxygens (including phenoxy) is 1. The monoisotopic (exact) mass is 328 g/mol. The molecule has 2 aromatic rings. The van der Waals surface area contributed by atoms with Crippen molar-refractivity contribution in [1.82, 2.24) is 0 Å². The minimum atomic E-state index is -3.56. The van der Waals surface area contributed by atoms with Gasteiger partial charge in [-0.15, -0.1) is 0 Å². The highest BCUT2D eigenvalue weighted by Crippen LogP contribution is 2.20. The number of halogens is 1. The van der Waals surface area contributed by atoms with Gasteiger partial charge in [0.05, 0.1) is 11.5 Å². The Morgan fingerprint density at radius 1 is 1.19 bits per heavy atom. The minimum absolute atomic E-state index is 0.0156. The molecular formula is C14H13ClO5S. The van der Waals surface area contributed by atoms with Gasteiger partial charge in [0.25, 0.3) is 0 Å². The van der Waals surface area contributed by atoms with Gasteiger partial charge < -0.3 is 9.15 Å². The first kappa shape index (κ1) is 15.6. The van der Waals surface area contributed by atoms with E-state index in [1.54, 1.807) is 6.92 Å². The molecule has 0 bridgehead atoms. The summed E-state index contributed by atoms with van der Waals surface area (Å²) in [6.45, 7) is 1.89. The second-order valence-corrected chi connectivity index (χ2v) is 6.63. The Hall–Kier alpha value is -1.79. The Labute approximate surface area is 127 Å². The number of sulfone groups is 1. The first-order chi connectivity index (χ1) is 9.92. The first-order valence-electron chi connectivity index (χ1n) is 6.16. The van der Waals surface area contributed by atoms with Crippen molar-refractivity contribution in [1.29, 1.82) is 0 Å². The molecule has 0 fully saturated rings. The maximum Gasteiger partial charge on any atom is 0.374 e. The predicted molar refractivity (Wildman–Crippen MR) is 77.0 cm³/mol. The van der Waals surface area contributed by atoms with E-state index in [0.717, 1.165) is 0 Å². The molecule has 0 unspecified atom stereocenters. The van der Waals surface area contributed by atoms with Crippen LogP contribution < -0.4 is 0 Å². The van der Waals surface area contributed by atoms with Gasteiger partial charge in [-0.2, -0.15) is 0 Å². The average molecular weight is 329 g/mol. The molecule has 0 N–H and O–H groups in total. The molecule has 0 radical (unpaired) electrons. The van der Waals surface area contributed by atoms with Crippen molar-refractivity contribution in [3.8, 4) is 0 Å². The number of furan rings is 1. The first-order valence-corrected chi connectivity index (χ1v) is 8.19. The van der Waals surface area contributed by atoms with E-state index < -0.39 is 15.8 Å². The fourth-order valence-corrected chi connectivity index (χ4v) is 3.05. The minimum Gasteiger partial charge on any atom is -0.460 e. The maximum atomic E-state index is 12.2. The zero-order valence-corrected chi connectivity index (χ0v) is 12.8. The van der Waals surface area contributed by atoms with Crippen LogP contribution in [0.1, 0.15) is 23.2 Å². The van der Waals surface area contributed by atoms with Crippen molar-refractivity contribution in [3.63, 3.8) is 0 Å². The topological polar surface area (TPSA) is 73.6 Å². The maximum absolute atomic E-state index is 12.2. The van der Waals surface area contributed by atoms with Gasteiger partial charge in [0.2, 0.25) is 5.76 Å². The quantitative estimate of drug-likeness (QED) is 0.788. The molecule has 1 heterocycles. The molecule has 0 aliphatic carbocycles. The molecule has 21 heavy (non-hydrogen) atoms. The molecule has 5 nitrogen and oxygen atoms in total. The van der Waals surface area contributed by atoms with E-state index in [1.165, 1.54) is 36.4 Å². The van der Waals surface area contributed by atoms with E-state index in [4.69, 9.17) is 20.8 Å². The number of benzene rings is 1. The van der Waals surface area contributed by atoms with Crippen LogP contribution in [0.2, 0.25) is 5.02 Å². The third-order valence-corrected chi connectivity index (χ3v) is 4.55. The summed E-state index contributed by atoms with van der Waals surface area (Å²) in [4.78, 5) is 11.6. The lowest BCUT2D eigenvalue weighted by Crippen LogP contribution is -2.05. The van der Waals surface area contributed by atoms with Crippen LogP contribution in [0.5, 0.6) is 0 Å². The molecule has 2 rings (SSSR count). The molecule has 0 aliphatic rings. The summed E-state index contributed by atoms with van der Waals surface area (Å²) in [5.41, 5.74) is 0. The van der Waals surface area contributed by atoms with Crippen LogP contribution in [0.3, 0.4) is 0 Å². The average Bonchev–Trinajstić information content (AvgIpc) is 2.87. The Morgan fingerprint density at radius 3 is 2.48 bits per heavy atom. The van der Waals surface area contributed by atoms with E-state index >= 15 is 0 Å². The predicted octanol–water partition coefficient (Wildman–Crippen LogP) is 3.08. The zero-order chi connectivity index (χ0) is 15.5. The van der Waals surface area contributed by atoms with Gasteiger partial charge >= 0.3 is 5.97 Å². The standard InChI is InChI=1S/C14H13ClO5S/c1-2-19-14(16)13-8-5-11(20-13)9-21(17,18)12-6-3-10(15)4-7-12/h3-8H,2,9H2,1H3. The van der Waals surface area contributed by atoms with E-state index in [9.17, 15) is 13.2 Å². The van der Waals surface area contributed by atoms with Crippen LogP contribution >= 0.6 is 11.6 Å². The van der Waals surface area contributed by atoms with Crippen LogP contribution in [0.4, 0.5) is 0 Å². The highest BCUT2D eigenvalue weighted by atomic mass is 35.5. The summed E-state index contributed by atoms with van der Waals surface area (Å²) >= 11 is 5.73. The normalized spacial score (nSPS) is 11.3. The Bertz CT molecular complexity index is 731. The zero-order valence-electron chi connectivity index (χ0n) is 11.2. The third-order valence-electron chi connectivity index (χ3n) is 2.64. The van der Waals surface area contributed by atoms with E-state index in [-0.39, 0.29) is 28.8 Å². The van der Waals surface area contributed by atoms with Gasteiger partial charge in [-0.3, -0.25) is 0 Å². The summed E-state index contributed by atoms with van der Waals surface area (Å²) in [6, 6.07) is 8.69. The number of carbonyl (C=O) groups is 1. The molecule has 0 aliphatic heterocycles. The Kier molecular flexibility index (Phi) is 4.69. The SMILES string of the molecule is CCOC(=O)c1ccc(CS(=O)(=O)c2ccc(Cl)cc2)o1. The molecule has 0 saturated heterocycles. The second-order valence-electron chi connectivity index (χ2n) is 4.20. The number of esters is 1. The van der Waals surface area contributed by atoms with Crippen molar-refractivity contribution < 1.29 is 22.4 Å². The fraction of sp³-hybridized carbons (Fsp3) is 0.214. The lowest BCUT2D eigenvalue weighted by molar-refractivity contribution is 0.0488. The van der Waals surface area contributed by atoms with Crippen LogP contribution in [0.15, 0.2) is 45.7 Å². The summed E-state index contributed by atoms with van der Waals surface area (Å²) in [5.74, 6) is -0.799. The van der Waals surface area contributed by atoms with Crippen molar-refractivity contribution in [2.45, 2.75) is 17.6 Å². The number of hydrogen-bond acceptors (Lipinski definition) is 5. The Balaban J connectivity index is 2.17. The van der Waals surface area contributed by atoms with Crippen LogP contribution in [0, 0.1) is 0 Å². The van der Waals surface area contributed by atoms with Crippen molar-refractivity contribution >= 4 is 27.4 Å². The van der Waals surface area contributed by atoms with Crippen LogP contribution in [-0.2, 0) is 20.3 Å². The second kappa shape index (κ2) is 6.32. The summed E-state index contributed by atoms with van der Waals surface area (Å²) in [7, 11) is -3.56. The molecule has 0 amide bonds. The largest absolute Gasteiger partial charge is 0.460 e. The fourth-order valence-electron chi connectivity index (χ4n) is 1.68. The molecule has 112 valence electrons. The summed E-state index contributed by atoms with van der Waals surface area (Å²) in [5, 5.41) is 0.455. The Morgan fingerprint density at radius 2 is 1.86 bits per heavy atom. The molecule has 1 aromatic heterocycles. The summed E-state index contributed by atoms with van der Waals surface area (Å²) < 4.78 is 34.4. The molecule has 1 aromatic carbocycles. The molecule has 0 atom stereocenters. The van der Waals surface area contributed by atoms with Crippen LogP contribution in [0.25, 0.3) is 0 Å². The van der Waals surface area contributed by atoms with Gasteiger partial charge in [-0.05, 0) is 43.3 Å². The van der Waals surface area contributed by atoms with Gasteiger partial charge in [-0.25, -0.2) is 13.2 Å². The summed E-state index contributed by atoms with van der Waals surface area (Å²) in [6.07, 6.45) is 0. The van der Waals surface area contributed by atoms with Gasteiger partial charge in [0.15, 0.2) is 9.84 Å². The molecule has 7 heteroatoms. The number of carbonyl (C=O) groups excluding carboxylic acids is 1. The molecule has 0 saturated carbocycles. The van der Waals surface area contributed by atoms with Crippen LogP contribution in [-0.4, -0.2) is 21.0 Å². The number of hydrogen-bond donors (Lipinski definition) is 0. The smallest absolute Gasteiger partial charge is 0.374 e. The van der Waals surface area contributed by atoms with E-state index in [0.29, 0.717) is 5.02 Å². The van der Waals surface area contributed by atoms with Gasteiger partial charge in [-0.1, -0.05) is 11.6 Å². The van der Waals surface area contributed by atoms with Crippen molar-refractivity contribution in [2.75, 3.05) is 6.61 Å². The molecular weight excluding hydrogens is 316 g/mol. The lowest BCUT2D eigenvalue weighted by atomic mass is 10.4. The van der Waals surface area contributed by atoms with Crippen molar-refractivity contribution in [2.24, 2.45) is 0 Å². The molecule has 0 spiro atoms. The third kappa shape index (κ3) is 3.86. The number of rotatable bonds is 5. The highest BCUT2D eigenvalue weighted by Gasteiger charge is 2.19. The van der Waals surface area contributed by atoms with Crippen molar-refractivity contribution in [3.05, 3.63) is 52.9 Å². The van der Waals surface area contributed by atoms with E-state index in [1.807, 2.05) is 0 Å². The van der Waals surface area contributed by atoms with Gasteiger partial charge in [0.1, 0.15) is 11.5 Å².